The van der Waals surface area contributed by atoms with Crippen LogP contribution in [-0.2, 0) is 6.54 Å². The summed E-state index contributed by atoms with van der Waals surface area (Å²) in [5, 5.41) is 0.632. The molecule has 0 amide bonds. The third kappa shape index (κ3) is 1.69. The van der Waals surface area contributed by atoms with Crippen molar-refractivity contribution in [2.75, 3.05) is 0 Å². The molecule has 0 aliphatic heterocycles. The molecule has 3 rings (SSSR count). The molecule has 1 N–H and O–H groups in total. The lowest BCUT2D eigenvalue weighted by Gasteiger charge is -2.09. The Bertz CT molecular complexity index is 693. The average molecular weight is 230 g/mol. The predicted molar refractivity (Wildman–Crippen MR) is 66.3 cm³/mol. The first kappa shape index (κ1) is 10.3. The van der Waals surface area contributed by atoms with Gasteiger partial charge in [-0.3, -0.25) is 14.3 Å². The standard InChI is InChI=1S/C13H14N2O2/c1-8-3-2-4-10-11(8)12(16)14-13(17)15(10)7-9-5-6-9/h2-4,9H,5-7H2,1H3,(H,14,16,17). The number of nitrogens with one attached hydrogen (secondary N) is 1. The Hall–Kier alpha value is -1.84. The van der Waals surface area contributed by atoms with Gasteiger partial charge in [0.1, 0.15) is 0 Å². The minimum atomic E-state index is -0.292. The van der Waals surface area contributed by atoms with Crippen molar-refractivity contribution in [3.8, 4) is 0 Å². The van der Waals surface area contributed by atoms with Crippen LogP contribution in [0, 0.1) is 12.8 Å². The Balaban J connectivity index is 2.36. The van der Waals surface area contributed by atoms with Crippen molar-refractivity contribution >= 4 is 10.9 Å². The minimum Gasteiger partial charge on any atom is -0.293 e. The van der Waals surface area contributed by atoms with E-state index >= 15 is 0 Å². The topological polar surface area (TPSA) is 54.9 Å². The second kappa shape index (κ2) is 3.58. The molecule has 1 heterocycles. The zero-order valence-corrected chi connectivity index (χ0v) is 9.69. The summed E-state index contributed by atoms with van der Waals surface area (Å²) in [5.41, 5.74) is 1.09. The van der Waals surface area contributed by atoms with Crippen molar-refractivity contribution in [3.05, 3.63) is 44.6 Å². The van der Waals surface area contributed by atoms with Crippen molar-refractivity contribution < 1.29 is 0 Å². The number of hydrogen-bond acceptors (Lipinski definition) is 2. The Morgan fingerprint density at radius 1 is 1.35 bits per heavy atom. The molecule has 17 heavy (non-hydrogen) atoms. The lowest BCUT2D eigenvalue weighted by molar-refractivity contribution is 0.611. The molecular formula is C13H14N2O2. The Labute approximate surface area is 97.9 Å². The van der Waals surface area contributed by atoms with Gasteiger partial charge < -0.3 is 0 Å². The SMILES string of the molecule is Cc1cccc2c1c(=O)[nH]c(=O)n2CC1CC1. The highest BCUT2D eigenvalue weighted by molar-refractivity contribution is 5.81. The first-order chi connectivity index (χ1) is 8.16. The van der Waals surface area contributed by atoms with Crippen LogP contribution in [0.15, 0.2) is 27.8 Å². The fourth-order valence-electron chi connectivity index (χ4n) is 2.25. The van der Waals surface area contributed by atoms with Gasteiger partial charge in [-0.05, 0) is 37.3 Å². The van der Waals surface area contributed by atoms with Crippen LogP contribution in [0.1, 0.15) is 18.4 Å². The van der Waals surface area contributed by atoms with Gasteiger partial charge in [0.25, 0.3) is 5.56 Å². The molecule has 0 saturated heterocycles. The van der Waals surface area contributed by atoms with Crippen LogP contribution in [0.25, 0.3) is 10.9 Å². The van der Waals surface area contributed by atoms with Crippen LogP contribution in [-0.4, -0.2) is 9.55 Å². The van der Waals surface area contributed by atoms with Crippen molar-refractivity contribution in [1.29, 1.82) is 0 Å². The lowest BCUT2D eigenvalue weighted by atomic mass is 10.1. The molecule has 1 aliphatic rings. The molecule has 1 aromatic heterocycles. The molecule has 88 valence electrons. The zero-order chi connectivity index (χ0) is 12.0. The zero-order valence-electron chi connectivity index (χ0n) is 9.69. The Morgan fingerprint density at radius 2 is 2.12 bits per heavy atom. The van der Waals surface area contributed by atoms with Crippen LogP contribution >= 0.6 is 0 Å². The second-order valence-electron chi connectivity index (χ2n) is 4.78. The second-order valence-corrected chi connectivity index (χ2v) is 4.78. The van der Waals surface area contributed by atoms with Crippen LogP contribution in [0.2, 0.25) is 0 Å². The van der Waals surface area contributed by atoms with Gasteiger partial charge in [-0.2, -0.15) is 0 Å². The normalized spacial score (nSPS) is 15.4. The van der Waals surface area contributed by atoms with Crippen LogP contribution in [0.3, 0.4) is 0 Å². The first-order valence-electron chi connectivity index (χ1n) is 5.89. The molecule has 0 spiro atoms. The van der Waals surface area contributed by atoms with Crippen molar-refractivity contribution in [2.24, 2.45) is 5.92 Å². The lowest BCUT2D eigenvalue weighted by Crippen LogP contribution is -2.31. The average Bonchev–Trinajstić information content (AvgIpc) is 3.07. The number of aryl methyl sites for hydroxylation is 1. The van der Waals surface area contributed by atoms with Gasteiger partial charge in [0.05, 0.1) is 10.9 Å². The molecule has 4 heteroatoms. The summed E-state index contributed by atoms with van der Waals surface area (Å²) in [6, 6.07) is 5.63. The molecule has 0 radical (unpaired) electrons. The fraction of sp³-hybridized carbons (Fsp3) is 0.385. The monoisotopic (exact) mass is 230 g/mol. The molecule has 1 aromatic carbocycles. The van der Waals surface area contributed by atoms with Crippen LogP contribution in [0.5, 0.6) is 0 Å². The van der Waals surface area contributed by atoms with Crippen molar-refractivity contribution in [3.63, 3.8) is 0 Å². The number of aromatic nitrogens is 2. The first-order valence-corrected chi connectivity index (χ1v) is 5.89. The largest absolute Gasteiger partial charge is 0.328 e. The van der Waals surface area contributed by atoms with Crippen molar-refractivity contribution in [1.82, 2.24) is 9.55 Å². The number of aromatic amines is 1. The molecule has 2 aromatic rings. The van der Waals surface area contributed by atoms with Crippen molar-refractivity contribution in [2.45, 2.75) is 26.3 Å². The number of fused-ring (bicyclic) bond motifs is 1. The molecule has 1 aliphatic carbocycles. The summed E-state index contributed by atoms with van der Waals surface area (Å²) >= 11 is 0. The summed E-state index contributed by atoms with van der Waals surface area (Å²) in [6.07, 6.45) is 2.36. The number of H-pyrrole nitrogens is 1. The van der Waals surface area contributed by atoms with Gasteiger partial charge in [0, 0.05) is 6.54 Å². The van der Waals surface area contributed by atoms with Gasteiger partial charge in [0.15, 0.2) is 0 Å². The van der Waals surface area contributed by atoms with E-state index in [9.17, 15) is 9.59 Å². The van der Waals surface area contributed by atoms with Gasteiger partial charge in [-0.1, -0.05) is 12.1 Å². The molecule has 1 fully saturated rings. The predicted octanol–water partition coefficient (Wildman–Crippen LogP) is 1.41. The maximum atomic E-state index is 11.8. The van der Waals surface area contributed by atoms with Gasteiger partial charge in [0.2, 0.25) is 0 Å². The van der Waals surface area contributed by atoms with Gasteiger partial charge in [-0.25, -0.2) is 4.79 Å². The molecule has 0 bridgehead atoms. The molecular weight excluding hydrogens is 216 g/mol. The highest BCUT2D eigenvalue weighted by Gasteiger charge is 2.23. The maximum absolute atomic E-state index is 11.8. The van der Waals surface area contributed by atoms with E-state index in [-0.39, 0.29) is 11.2 Å². The summed E-state index contributed by atoms with van der Waals surface area (Å²) in [6.45, 7) is 2.61. The summed E-state index contributed by atoms with van der Waals surface area (Å²) in [7, 11) is 0. The smallest absolute Gasteiger partial charge is 0.293 e. The highest BCUT2D eigenvalue weighted by atomic mass is 16.2. The van der Waals surface area contributed by atoms with E-state index in [2.05, 4.69) is 4.98 Å². The Morgan fingerprint density at radius 3 is 2.82 bits per heavy atom. The van der Waals surface area contributed by atoms with E-state index in [1.807, 2.05) is 25.1 Å². The van der Waals surface area contributed by atoms with E-state index in [0.717, 1.165) is 17.6 Å². The maximum Gasteiger partial charge on any atom is 0.328 e. The molecule has 0 unspecified atom stereocenters. The highest BCUT2D eigenvalue weighted by Crippen LogP contribution is 2.30. The van der Waals surface area contributed by atoms with E-state index in [0.29, 0.717) is 11.3 Å². The summed E-state index contributed by atoms with van der Waals surface area (Å²) < 4.78 is 1.70. The summed E-state index contributed by atoms with van der Waals surface area (Å²) in [4.78, 5) is 26.0. The minimum absolute atomic E-state index is 0.282. The molecule has 0 atom stereocenters. The third-order valence-electron chi connectivity index (χ3n) is 3.37. The van der Waals surface area contributed by atoms with Gasteiger partial charge >= 0.3 is 5.69 Å². The number of rotatable bonds is 2. The van der Waals surface area contributed by atoms with E-state index in [1.165, 1.54) is 12.8 Å². The van der Waals surface area contributed by atoms with E-state index in [1.54, 1.807) is 4.57 Å². The van der Waals surface area contributed by atoms with E-state index < -0.39 is 0 Å². The quantitative estimate of drug-likeness (QED) is 0.848. The fourth-order valence-corrected chi connectivity index (χ4v) is 2.25. The van der Waals surface area contributed by atoms with Crippen LogP contribution in [0.4, 0.5) is 0 Å². The summed E-state index contributed by atoms with van der Waals surface area (Å²) in [5.74, 6) is 0.599. The third-order valence-corrected chi connectivity index (χ3v) is 3.37. The number of benzene rings is 1. The Kier molecular flexibility index (Phi) is 2.18. The number of nitrogens with zero attached hydrogens (tertiary/aromatic N) is 1. The van der Waals surface area contributed by atoms with Crippen LogP contribution < -0.4 is 11.2 Å². The molecule has 1 saturated carbocycles. The van der Waals surface area contributed by atoms with Gasteiger partial charge in [-0.15, -0.1) is 0 Å². The molecule has 4 nitrogen and oxygen atoms in total. The number of hydrogen-bond donors (Lipinski definition) is 1. The van der Waals surface area contributed by atoms with E-state index in [4.69, 9.17) is 0 Å².